The number of hydrogen-bond donors (Lipinski definition) is 1. The summed E-state index contributed by atoms with van der Waals surface area (Å²) in [4.78, 5) is 0. The fraction of sp³-hybridized carbons (Fsp3) is 0.895. The van der Waals surface area contributed by atoms with Crippen molar-refractivity contribution in [3.8, 4) is 11.8 Å². The summed E-state index contributed by atoms with van der Waals surface area (Å²) in [5.41, 5.74) is 0. The Hall–Kier alpha value is -0.480. The van der Waals surface area contributed by atoms with E-state index in [9.17, 15) is 0 Å². The van der Waals surface area contributed by atoms with Gasteiger partial charge in [0.15, 0.2) is 0 Å². The molecule has 1 N–H and O–H groups in total. The first-order valence-corrected chi connectivity index (χ1v) is 9.15. The van der Waals surface area contributed by atoms with Crippen LogP contribution in [-0.4, -0.2) is 12.6 Å². The highest BCUT2D eigenvalue weighted by Gasteiger charge is 2.32. The second-order valence-electron chi connectivity index (χ2n) is 7.27. The Kier molecular flexibility index (Phi) is 5.43. The maximum absolute atomic E-state index is 3.65. The van der Waals surface area contributed by atoms with Gasteiger partial charge in [0.1, 0.15) is 0 Å². The average molecular weight is 273 g/mol. The first-order chi connectivity index (χ1) is 9.93. The summed E-state index contributed by atoms with van der Waals surface area (Å²) >= 11 is 0. The monoisotopic (exact) mass is 273 g/mol. The Bertz CT molecular complexity index is 321. The standard InChI is InChI=1S/C19H31N/c1-3-9-16(10-4-1)19(17-11-5-2-6-12-17)15-18-13-7-8-14-20-18/h16-20H,1-6,8-12,14-15H2. The normalized spacial score (nSPS) is 29.1. The molecule has 3 rings (SSSR count). The van der Waals surface area contributed by atoms with Gasteiger partial charge in [-0.25, -0.2) is 0 Å². The Morgan fingerprint density at radius 2 is 1.45 bits per heavy atom. The van der Waals surface area contributed by atoms with E-state index in [1.807, 2.05) is 0 Å². The molecule has 0 spiro atoms. The molecule has 1 aliphatic heterocycles. The highest BCUT2D eigenvalue weighted by atomic mass is 14.9. The third-order valence-corrected chi connectivity index (χ3v) is 5.94. The van der Waals surface area contributed by atoms with Crippen molar-refractivity contribution >= 4 is 0 Å². The van der Waals surface area contributed by atoms with Gasteiger partial charge in [0, 0.05) is 13.0 Å². The van der Waals surface area contributed by atoms with Crippen molar-refractivity contribution in [1.82, 2.24) is 5.32 Å². The van der Waals surface area contributed by atoms with E-state index < -0.39 is 0 Å². The zero-order valence-corrected chi connectivity index (χ0v) is 13.0. The summed E-state index contributed by atoms with van der Waals surface area (Å²) in [6.07, 6.45) is 17.3. The molecule has 2 saturated carbocycles. The van der Waals surface area contributed by atoms with Crippen molar-refractivity contribution in [2.24, 2.45) is 17.8 Å². The van der Waals surface area contributed by atoms with Gasteiger partial charge in [0.2, 0.25) is 0 Å². The second-order valence-corrected chi connectivity index (χ2v) is 7.27. The van der Waals surface area contributed by atoms with Crippen LogP contribution in [0.2, 0.25) is 0 Å². The zero-order chi connectivity index (χ0) is 13.6. The molecule has 0 aromatic carbocycles. The first kappa shape index (κ1) is 14.5. The molecular weight excluding hydrogens is 242 g/mol. The molecule has 0 bridgehead atoms. The molecule has 0 aromatic rings. The van der Waals surface area contributed by atoms with Gasteiger partial charge in [-0.2, -0.15) is 0 Å². The van der Waals surface area contributed by atoms with Gasteiger partial charge in [0.25, 0.3) is 0 Å². The van der Waals surface area contributed by atoms with Gasteiger partial charge in [-0.3, -0.25) is 0 Å². The fourth-order valence-corrected chi connectivity index (χ4v) is 4.86. The summed E-state index contributed by atoms with van der Waals surface area (Å²) in [5.74, 6) is 9.78. The molecule has 112 valence electrons. The SMILES string of the molecule is C1#CC(CC(C2CCCCC2)C2CCCCC2)NCC1. The lowest BCUT2D eigenvalue weighted by Gasteiger charge is -2.39. The Balaban J connectivity index is 1.65. The van der Waals surface area contributed by atoms with Crippen LogP contribution in [0.3, 0.4) is 0 Å². The predicted octanol–water partition coefficient (Wildman–Crippen LogP) is 4.52. The van der Waals surface area contributed by atoms with E-state index in [4.69, 9.17) is 0 Å². The van der Waals surface area contributed by atoms with Gasteiger partial charge in [0.05, 0.1) is 6.04 Å². The lowest BCUT2D eigenvalue weighted by Crippen LogP contribution is -2.37. The quantitative estimate of drug-likeness (QED) is 0.743. The molecule has 1 unspecified atom stereocenters. The maximum atomic E-state index is 3.65. The van der Waals surface area contributed by atoms with E-state index in [1.54, 1.807) is 0 Å². The van der Waals surface area contributed by atoms with Gasteiger partial charge >= 0.3 is 0 Å². The number of nitrogens with one attached hydrogen (secondary N) is 1. The van der Waals surface area contributed by atoms with Crippen molar-refractivity contribution in [3.63, 3.8) is 0 Å². The van der Waals surface area contributed by atoms with Crippen LogP contribution in [-0.2, 0) is 0 Å². The van der Waals surface area contributed by atoms with Gasteiger partial charge in [-0.05, 0) is 24.2 Å². The Morgan fingerprint density at radius 3 is 1.95 bits per heavy atom. The van der Waals surface area contributed by atoms with Crippen molar-refractivity contribution < 1.29 is 0 Å². The summed E-state index contributed by atoms with van der Waals surface area (Å²) in [5, 5.41) is 3.65. The molecule has 0 amide bonds. The van der Waals surface area contributed by atoms with Crippen LogP contribution in [0.1, 0.15) is 77.0 Å². The largest absolute Gasteiger partial charge is 0.303 e. The first-order valence-electron chi connectivity index (χ1n) is 9.15. The smallest absolute Gasteiger partial charge is 0.0692 e. The fourth-order valence-electron chi connectivity index (χ4n) is 4.86. The minimum Gasteiger partial charge on any atom is -0.303 e. The molecule has 1 heterocycles. The molecule has 0 saturated heterocycles. The molecule has 1 atom stereocenters. The molecule has 20 heavy (non-hydrogen) atoms. The third-order valence-electron chi connectivity index (χ3n) is 5.94. The summed E-state index contributed by atoms with van der Waals surface area (Å²) in [7, 11) is 0. The average Bonchev–Trinajstić information content (AvgIpc) is 2.55. The minimum absolute atomic E-state index is 0.498. The highest BCUT2D eigenvalue weighted by molar-refractivity contribution is 5.12. The van der Waals surface area contributed by atoms with Crippen LogP contribution < -0.4 is 5.32 Å². The van der Waals surface area contributed by atoms with Crippen LogP contribution >= 0.6 is 0 Å². The van der Waals surface area contributed by atoms with Crippen molar-refractivity contribution in [2.45, 2.75) is 83.1 Å². The van der Waals surface area contributed by atoms with Crippen LogP contribution in [0, 0.1) is 29.6 Å². The highest BCUT2D eigenvalue weighted by Crippen LogP contribution is 2.42. The van der Waals surface area contributed by atoms with Crippen molar-refractivity contribution in [3.05, 3.63) is 0 Å². The number of hydrogen-bond acceptors (Lipinski definition) is 1. The molecule has 1 nitrogen and oxygen atoms in total. The van der Waals surface area contributed by atoms with Crippen LogP contribution in [0.4, 0.5) is 0 Å². The van der Waals surface area contributed by atoms with Crippen LogP contribution in [0.5, 0.6) is 0 Å². The van der Waals surface area contributed by atoms with E-state index in [0.29, 0.717) is 6.04 Å². The molecular formula is C19H31N. The third kappa shape index (κ3) is 3.79. The molecule has 2 fully saturated rings. The Labute approximate surface area is 125 Å². The van der Waals surface area contributed by atoms with E-state index in [0.717, 1.165) is 30.7 Å². The molecule has 0 aromatic heterocycles. The summed E-state index contributed by atoms with van der Waals surface area (Å²) in [6.45, 7) is 1.11. The van der Waals surface area contributed by atoms with Crippen LogP contribution in [0.15, 0.2) is 0 Å². The lowest BCUT2D eigenvalue weighted by molar-refractivity contribution is 0.128. The Morgan fingerprint density at radius 1 is 0.850 bits per heavy atom. The lowest BCUT2D eigenvalue weighted by atomic mass is 9.67. The van der Waals surface area contributed by atoms with Gasteiger partial charge in [-0.15, -0.1) is 5.92 Å². The molecule has 0 radical (unpaired) electrons. The topological polar surface area (TPSA) is 12.0 Å². The molecule has 2 aliphatic carbocycles. The molecule has 1 heteroatoms. The van der Waals surface area contributed by atoms with Crippen molar-refractivity contribution in [1.29, 1.82) is 0 Å². The minimum atomic E-state index is 0.498. The van der Waals surface area contributed by atoms with E-state index in [1.165, 1.54) is 70.6 Å². The van der Waals surface area contributed by atoms with E-state index in [2.05, 4.69) is 17.2 Å². The van der Waals surface area contributed by atoms with E-state index in [-0.39, 0.29) is 0 Å². The molecule has 3 aliphatic rings. The van der Waals surface area contributed by atoms with Gasteiger partial charge in [-0.1, -0.05) is 70.1 Å². The van der Waals surface area contributed by atoms with Gasteiger partial charge < -0.3 is 5.32 Å². The predicted molar refractivity (Wildman–Crippen MR) is 85.4 cm³/mol. The summed E-state index contributed by atoms with van der Waals surface area (Å²) in [6, 6.07) is 0.498. The van der Waals surface area contributed by atoms with Crippen LogP contribution in [0.25, 0.3) is 0 Å². The van der Waals surface area contributed by atoms with Crippen molar-refractivity contribution in [2.75, 3.05) is 6.54 Å². The second kappa shape index (κ2) is 7.51. The summed E-state index contributed by atoms with van der Waals surface area (Å²) < 4.78 is 0. The number of rotatable bonds is 4. The van der Waals surface area contributed by atoms with E-state index >= 15 is 0 Å². The maximum Gasteiger partial charge on any atom is 0.0692 e. The zero-order valence-electron chi connectivity index (χ0n) is 13.0.